The summed E-state index contributed by atoms with van der Waals surface area (Å²) < 4.78 is 7.27. The topological polar surface area (TPSA) is 105 Å². The largest absolute Gasteiger partial charge is 0.508 e. The molecule has 0 saturated carbocycles. The number of aryl methyl sites for hydroxylation is 1. The lowest BCUT2D eigenvalue weighted by molar-refractivity contribution is -0.105. The first-order valence-corrected chi connectivity index (χ1v) is 7.36. The van der Waals surface area contributed by atoms with Crippen LogP contribution in [0.25, 0.3) is 0 Å². The summed E-state index contributed by atoms with van der Waals surface area (Å²) in [5.74, 6) is 0.0344. The molecule has 0 bridgehead atoms. The van der Waals surface area contributed by atoms with E-state index in [0.29, 0.717) is 24.0 Å². The number of phenols is 1. The standard InChI is InChI=1S/C16H18N2O5/c1-10-8-18(15(22)17-14(10)21)13-6-7-16(9-19,23-13)11-4-2-3-5-12(11)20/h2-5,8,13,19-20H,6-7,9H2,1H3,(H,17,21,22)/t13-,16+/m1/s1. The minimum absolute atomic E-state index is 0.0344. The minimum atomic E-state index is -1.07. The van der Waals surface area contributed by atoms with Crippen LogP contribution in [0, 0.1) is 6.92 Å². The first-order valence-electron chi connectivity index (χ1n) is 7.36. The van der Waals surface area contributed by atoms with Crippen LogP contribution in [0.2, 0.25) is 0 Å². The molecule has 7 nitrogen and oxygen atoms in total. The van der Waals surface area contributed by atoms with Crippen LogP contribution < -0.4 is 11.2 Å². The Morgan fingerprint density at radius 2 is 2.13 bits per heavy atom. The molecule has 7 heteroatoms. The highest BCUT2D eigenvalue weighted by atomic mass is 16.5. The van der Waals surface area contributed by atoms with E-state index in [2.05, 4.69) is 4.98 Å². The number of aliphatic hydroxyl groups is 1. The quantitative estimate of drug-likeness (QED) is 0.774. The molecular formula is C16H18N2O5. The van der Waals surface area contributed by atoms with Gasteiger partial charge in [0, 0.05) is 17.3 Å². The Morgan fingerprint density at radius 1 is 1.39 bits per heavy atom. The highest BCUT2D eigenvalue weighted by molar-refractivity contribution is 5.37. The Morgan fingerprint density at radius 3 is 2.83 bits per heavy atom. The summed E-state index contributed by atoms with van der Waals surface area (Å²) in [4.78, 5) is 25.7. The number of rotatable bonds is 3. The van der Waals surface area contributed by atoms with Gasteiger partial charge in [-0.3, -0.25) is 14.3 Å². The zero-order valence-electron chi connectivity index (χ0n) is 12.7. The van der Waals surface area contributed by atoms with E-state index in [1.165, 1.54) is 16.8 Å². The van der Waals surface area contributed by atoms with Crippen molar-refractivity contribution in [3.8, 4) is 5.75 Å². The summed E-state index contributed by atoms with van der Waals surface area (Å²) in [5, 5.41) is 19.9. The van der Waals surface area contributed by atoms with Gasteiger partial charge in [-0.2, -0.15) is 0 Å². The van der Waals surface area contributed by atoms with Crippen molar-refractivity contribution >= 4 is 0 Å². The average molecular weight is 318 g/mol. The third kappa shape index (κ3) is 2.58. The number of aromatic hydroxyl groups is 1. The van der Waals surface area contributed by atoms with Crippen molar-refractivity contribution in [3.05, 3.63) is 62.4 Å². The third-order valence-corrected chi connectivity index (χ3v) is 4.26. The van der Waals surface area contributed by atoms with E-state index < -0.39 is 23.1 Å². The number of aromatic nitrogens is 2. The number of hydrogen-bond acceptors (Lipinski definition) is 5. The Labute approximate surface area is 131 Å². The summed E-state index contributed by atoms with van der Waals surface area (Å²) in [6.07, 6.45) is 1.74. The molecule has 1 aliphatic heterocycles. The molecule has 1 fully saturated rings. The fourth-order valence-corrected chi connectivity index (χ4v) is 2.99. The lowest BCUT2D eigenvalue weighted by Gasteiger charge is -2.28. The van der Waals surface area contributed by atoms with E-state index in [0.717, 1.165) is 0 Å². The number of nitrogens with zero attached hydrogens (tertiary/aromatic N) is 1. The van der Waals surface area contributed by atoms with E-state index >= 15 is 0 Å². The maximum atomic E-state index is 12.0. The van der Waals surface area contributed by atoms with Crippen molar-refractivity contribution in [2.24, 2.45) is 0 Å². The predicted octanol–water partition coefficient (Wildman–Crippen LogP) is 0.747. The number of phenolic OH excluding ortho intramolecular Hbond substituents is 1. The van der Waals surface area contributed by atoms with Crippen LogP contribution in [0.15, 0.2) is 40.1 Å². The lowest BCUT2D eigenvalue weighted by atomic mass is 9.91. The van der Waals surface area contributed by atoms with Crippen LogP contribution in [-0.2, 0) is 10.3 Å². The van der Waals surface area contributed by atoms with Crippen molar-refractivity contribution in [2.45, 2.75) is 31.6 Å². The summed E-state index contributed by atoms with van der Waals surface area (Å²) in [6, 6.07) is 6.65. The highest BCUT2D eigenvalue weighted by Crippen LogP contribution is 2.45. The lowest BCUT2D eigenvalue weighted by Crippen LogP contribution is -2.35. The maximum Gasteiger partial charge on any atom is 0.330 e. The summed E-state index contributed by atoms with van der Waals surface area (Å²) in [7, 11) is 0. The molecule has 0 unspecified atom stereocenters. The number of H-pyrrole nitrogens is 1. The van der Waals surface area contributed by atoms with Gasteiger partial charge in [0.15, 0.2) is 0 Å². The molecule has 1 saturated heterocycles. The second-order valence-electron chi connectivity index (χ2n) is 5.76. The van der Waals surface area contributed by atoms with Crippen molar-refractivity contribution in [3.63, 3.8) is 0 Å². The molecule has 2 atom stereocenters. The maximum absolute atomic E-state index is 12.0. The SMILES string of the molecule is Cc1cn([C@H]2CC[C@](CO)(c3ccccc3O)O2)c(=O)[nH]c1=O. The van der Waals surface area contributed by atoms with Crippen molar-refractivity contribution < 1.29 is 14.9 Å². The molecule has 0 radical (unpaired) electrons. The molecule has 1 aliphatic rings. The summed E-state index contributed by atoms with van der Waals surface area (Å²) in [5.41, 5.74) is -1.18. The summed E-state index contributed by atoms with van der Waals surface area (Å²) in [6.45, 7) is 1.28. The number of aromatic amines is 1. The van der Waals surface area contributed by atoms with Gasteiger partial charge in [-0.1, -0.05) is 18.2 Å². The van der Waals surface area contributed by atoms with Crippen molar-refractivity contribution in [2.75, 3.05) is 6.61 Å². The fourth-order valence-electron chi connectivity index (χ4n) is 2.99. The number of benzene rings is 1. The second kappa shape index (κ2) is 5.68. The van der Waals surface area contributed by atoms with Gasteiger partial charge in [0.2, 0.25) is 0 Å². The molecule has 2 aromatic rings. The van der Waals surface area contributed by atoms with Gasteiger partial charge in [-0.05, 0) is 25.8 Å². The first kappa shape index (κ1) is 15.5. The summed E-state index contributed by atoms with van der Waals surface area (Å²) >= 11 is 0. The van der Waals surface area contributed by atoms with Gasteiger partial charge < -0.3 is 14.9 Å². The number of aliphatic hydroxyl groups excluding tert-OH is 1. The van der Waals surface area contributed by atoms with E-state index in [4.69, 9.17) is 4.74 Å². The average Bonchev–Trinajstić information content (AvgIpc) is 2.97. The van der Waals surface area contributed by atoms with Crippen LogP contribution in [-0.4, -0.2) is 26.4 Å². The van der Waals surface area contributed by atoms with Crippen LogP contribution in [0.5, 0.6) is 5.75 Å². The van der Waals surface area contributed by atoms with Gasteiger partial charge in [0.1, 0.15) is 17.6 Å². The smallest absolute Gasteiger partial charge is 0.330 e. The van der Waals surface area contributed by atoms with Crippen molar-refractivity contribution in [1.29, 1.82) is 0 Å². The van der Waals surface area contributed by atoms with Gasteiger partial charge in [-0.25, -0.2) is 4.79 Å². The van der Waals surface area contributed by atoms with E-state index in [-0.39, 0.29) is 12.4 Å². The molecule has 23 heavy (non-hydrogen) atoms. The number of nitrogens with one attached hydrogen (secondary N) is 1. The molecule has 3 N–H and O–H groups in total. The molecule has 0 spiro atoms. The molecule has 1 aromatic heterocycles. The van der Waals surface area contributed by atoms with Crippen LogP contribution in [0.3, 0.4) is 0 Å². The second-order valence-corrected chi connectivity index (χ2v) is 5.76. The molecule has 0 amide bonds. The van der Waals surface area contributed by atoms with E-state index in [1.54, 1.807) is 25.1 Å². The van der Waals surface area contributed by atoms with Gasteiger partial charge in [0.25, 0.3) is 5.56 Å². The normalized spacial score (nSPS) is 24.0. The van der Waals surface area contributed by atoms with Crippen LogP contribution in [0.4, 0.5) is 0 Å². The Hall–Kier alpha value is -2.38. The van der Waals surface area contributed by atoms with Gasteiger partial charge in [0.05, 0.1) is 6.61 Å². The minimum Gasteiger partial charge on any atom is -0.508 e. The van der Waals surface area contributed by atoms with Crippen LogP contribution in [0.1, 0.15) is 30.2 Å². The number of hydrogen-bond donors (Lipinski definition) is 3. The zero-order valence-corrected chi connectivity index (χ0v) is 12.7. The monoisotopic (exact) mass is 318 g/mol. The van der Waals surface area contributed by atoms with Gasteiger partial charge in [-0.15, -0.1) is 0 Å². The highest BCUT2D eigenvalue weighted by Gasteiger charge is 2.43. The molecule has 3 rings (SSSR count). The fraction of sp³-hybridized carbons (Fsp3) is 0.375. The van der Waals surface area contributed by atoms with E-state index in [1.807, 2.05) is 0 Å². The first-order chi connectivity index (χ1) is 11.0. The predicted molar refractivity (Wildman–Crippen MR) is 82.3 cm³/mol. The molecular weight excluding hydrogens is 300 g/mol. The molecule has 122 valence electrons. The molecule has 2 heterocycles. The zero-order chi connectivity index (χ0) is 16.6. The molecule has 0 aliphatic carbocycles. The molecule has 1 aromatic carbocycles. The number of para-hydroxylation sites is 1. The Bertz CT molecular complexity index is 841. The number of ether oxygens (including phenoxy) is 1. The Balaban J connectivity index is 1.99. The van der Waals surface area contributed by atoms with Gasteiger partial charge >= 0.3 is 5.69 Å². The van der Waals surface area contributed by atoms with Crippen LogP contribution >= 0.6 is 0 Å². The van der Waals surface area contributed by atoms with Crippen molar-refractivity contribution in [1.82, 2.24) is 9.55 Å². The van der Waals surface area contributed by atoms with E-state index in [9.17, 15) is 19.8 Å². The Kier molecular flexibility index (Phi) is 3.83. The third-order valence-electron chi connectivity index (χ3n) is 4.26.